The lowest BCUT2D eigenvalue weighted by atomic mass is 9.89. The second-order valence-electron chi connectivity index (χ2n) is 5.83. The Bertz CT molecular complexity index is 477. The van der Waals surface area contributed by atoms with Gasteiger partial charge in [-0.25, -0.2) is 0 Å². The van der Waals surface area contributed by atoms with E-state index in [2.05, 4.69) is 5.32 Å². The maximum atomic E-state index is 12.0. The van der Waals surface area contributed by atoms with Crippen molar-refractivity contribution < 1.29 is 14.7 Å². The van der Waals surface area contributed by atoms with Crippen LogP contribution in [0.5, 0.6) is 0 Å². The van der Waals surface area contributed by atoms with Crippen LogP contribution >= 0.6 is 0 Å². The molecule has 0 fully saturated rings. The highest BCUT2D eigenvalue weighted by molar-refractivity contribution is 5.94. The lowest BCUT2D eigenvalue weighted by Crippen LogP contribution is -2.29. The fourth-order valence-corrected chi connectivity index (χ4v) is 1.63. The molecular formula is C16H23NO3. The van der Waals surface area contributed by atoms with E-state index in [-0.39, 0.29) is 5.91 Å². The van der Waals surface area contributed by atoms with Gasteiger partial charge in [-0.05, 0) is 30.5 Å². The Morgan fingerprint density at radius 2 is 1.80 bits per heavy atom. The lowest BCUT2D eigenvalue weighted by molar-refractivity contribution is -0.141. The quantitative estimate of drug-likeness (QED) is 0.838. The minimum absolute atomic E-state index is 0.00773. The van der Waals surface area contributed by atoms with E-state index < -0.39 is 17.3 Å². The number of carboxylic acid groups (broad SMARTS) is 1. The van der Waals surface area contributed by atoms with Crippen LogP contribution in [0.15, 0.2) is 24.3 Å². The number of aliphatic carboxylic acids is 1. The molecule has 1 atom stereocenters. The Balaban J connectivity index is 2.68. The van der Waals surface area contributed by atoms with Crippen LogP contribution in [0.1, 0.15) is 39.7 Å². The highest BCUT2D eigenvalue weighted by Gasteiger charge is 2.25. The fourth-order valence-electron chi connectivity index (χ4n) is 1.63. The Labute approximate surface area is 120 Å². The number of carbonyl (C=O) groups is 2. The van der Waals surface area contributed by atoms with Gasteiger partial charge in [-0.2, -0.15) is 0 Å². The molecule has 0 saturated heterocycles. The summed E-state index contributed by atoms with van der Waals surface area (Å²) >= 11 is 0. The molecule has 0 heterocycles. The van der Waals surface area contributed by atoms with Gasteiger partial charge < -0.3 is 10.4 Å². The first kappa shape index (κ1) is 16.2. The molecule has 1 amide bonds. The predicted molar refractivity (Wildman–Crippen MR) is 79.6 cm³/mol. The Hall–Kier alpha value is -1.84. The van der Waals surface area contributed by atoms with Crippen LogP contribution in [-0.2, 0) is 16.0 Å². The third-order valence-electron chi connectivity index (χ3n) is 3.67. The molecule has 0 aliphatic carbocycles. The van der Waals surface area contributed by atoms with E-state index in [9.17, 15) is 9.59 Å². The van der Waals surface area contributed by atoms with Crippen molar-refractivity contribution in [1.29, 1.82) is 0 Å². The van der Waals surface area contributed by atoms with Crippen LogP contribution in [0.2, 0.25) is 0 Å². The molecule has 0 radical (unpaired) electrons. The molecule has 0 aliphatic rings. The summed E-state index contributed by atoms with van der Waals surface area (Å²) in [6.45, 7) is 7.48. The Kier molecular flexibility index (Phi) is 5.31. The molecule has 0 spiro atoms. The molecular weight excluding hydrogens is 254 g/mol. The maximum absolute atomic E-state index is 12.0. The molecule has 1 aromatic rings. The van der Waals surface area contributed by atoms with Gasteiger partial charge in [-0.15, -0.1) is 0 Å². The topological polar surface area (TPSA) is 66.4 Å². The number of carbonyl (C=O) groups excluding carboxylic acids is 1. The standard InChI is InChI=1S/C16H23NO3/c1-5-16(3,4)15(20)17-13-8-6-12(7-9-13)10-11(2)14(18)19/h6-9,11H,5,10H2,1-4H3,(H,17,20)(H,18,19). The summed E-state index contributed by atoms with van der Waals surface area (Å²) in [5, 5.41) is 11.8. The first-order valence-electron chi connectivity index (χ1n) is 6.89. The van der Waals surface area contributed by atoms with Crippen LogP contribution in [-0.4, -0.2) is 17.0 Å². The van der Waals surface area contributed by atoms with E-state index in [0.29, 0.717) is 6.42 Å². The van der Waals surface area contributed by atoms with Crippen LogP contribution in [0.25, 0.3) is 0 Å². The van der Waals surface area contributed by atoms with Gasteiger partial charge in [0.2, 0.25) is 5.91 Å². The van der Waals surface area contributed by atoms with Crippen LogP contribution in [0.4, 0.5) is 5.69 Å². The number of amides is 1. The smallest absolute Gasteiger partial charge is 0.306 e. The average Bonchev–Trinajstić information content (AvgIpc) is 2.40. The number of nitrogens with one attached hydrogen (secondary N) is 1. The Morgan fingerprint density at radius 1 is 1.25 bits per heavy atom. The van der Waals surface area contributed by atoms with Crippen LogP contribution in [0.3, 0.4) is 0 Å². The number of hydrogen-bond acceptors (Lipinski definition) is 2. The Morgan fingerprint density at radius 3 is 2.25 bits per heavy atom. The van der Waals surface area contributed by atoms with Gasteiger partial charge in [-0.3, -0.25) is 9.59 Å². The summed E-state index contributed by atoms with van der Waals surface area (Å²) in [5.74, 6) is -1.21. The van der Waals surface area contributed by atoms with E-state index >= 15 is 0 Å². The average molecular weight is 277 g/mol. The predicted octanol–water partition coefficient (Wildman–Crippen LogP) is 3.32. The SMILES string of the molecule is CCC(C)(C)C(=O)Nc1ccc(CC(C)C(=O)O)cc1. The normalized spacial score (nSPS) is 12.8. The van der Waals surface area contributed by atoms with Gasteiger partial charge in [0.05, 0.1) is 5.92 Å². The number of hydrogen-bond donors (Lipinski definition) is 2. The van der Waals surface area contributed by atoms with Crippen molar-refractivity contribution in [2.24, 2.45) is 11.3 Å². The van der Waals surface area contributed by atoms with E-state index in [1.165, 1.54) is 0 Å². The zero-order valence-corrected chi connectivity index (χ0v) is 12.6. The fraction of sp³-hybridized carbons (Fsp3) is 0.500. The van der Waals surface area contributed by atoms with E-state index in [1.807, 2.05) is 45.0 Å². The van der Waals surface area contributed by atoms with Crippen molar-refractivity contribution in [3.8, 4) is 0 Å². The van der Waals surface area contributed by atoms with Gasteiger partial charge in [0.1, 0.15) is 0 Å². The van der Waals surface area contributed by atoms with Crippen molar-refractivity contribution in [1.82, 2.24) is 0 Å². The highest BCUT2D eigenvalue weighted by Crippen LogP contribution is 2.22. The number of rotatable bonds is 6. The molecule has 0 aliphatic heterocycles. The van der Waals surface area contributed by atoms with Crippen LogP contribution < -0.4 is 5.32 Å². The maximum Gasteiger partial charge on any atom is 0.306 e. The second kappa shape index (κ2) is 6.55. The molecule has 4 heteroatoms. The second-order valence-corrected chi connectivity index (χ2v) is 5.83. The first-order valence-corrected chi connectivity index (χ1v) is 6.89. The molecule has 0 bridgehead atoms. The molecule has 20 heavy (non-hydrogen) atoms. The highest BCUT2D eigenvalue weighted by atomic mass is 16.4. The van der Waals surface area contributed by atoms with Crippen molar-refractivity contribution in [3.05, 3.63) is 29.8 Å². The lowest BCUT2D eigenvalue weighted by Gasteiger charge is -2.21. The third-order valence-corrected chi connectivity index (χ3v) is 3.67. The molecule has 110 valence electrons. The zero-order chi connectivity index (χ0) is 15.3. The summed E-state index contributed by atoms with van der Waals surface area (Å²) in [6, 6.07) is 7.34. The number of anilines is 1. The van der Waals surface area contributed by atoms with Crippen molar-refractivity contribution in [2.75, 3.05) is 5.32 Å². The molecule has 0 saturated carbocycles. The van der Waals surface area contributed by atoms with Crippen molar-refractivity contribution in [2.45, 2.75) is 40.5 Å². The van der Waals surface area contributed by atoms with Crippen LogP contribution in [0, 0.1) is 11.3 Å². The molecule has 2 N–H and O–H groups in total. The summed E-state index contributed by atoms with van der Waals surface area (Å²) in [5.41, 5.74) is 1.30. The van der Waals surface area contributed by atoms with Gasteiger partial charge >= 0.3 is 5.97 Å². The number of benzene rings is 1. The van der Waals surface area contributed by atoms with Gasteiger partial charge in [0, 0.05) is 11.1 Å². The van der Waals surface area contributed by atoms with Gasteiger partial charge in [0.15, 0.2) is 0 Å². The number of carboxylic acids is 1. The van der Waals surface area contributed by atoms with Crippen molar-refractivity contribution >= 4 is 17.6 Å². The van der Waals surface area contributed by atoms with Gasteiger partial charge in [0.25, 0.3) is 0 Å². The first-order chi connectivity index (χ1) is 9.26. The minimum Gasteiger partial charge on any atom is -0.481 e. The molecule has 1 aromatic carbocycles. The van der Waals surface area contributed by atoms with E-state index in [4.69, 9.17) is 5.11 Å². The molecule has 4 nitrogen and oxygen atoms in total. The third kappa shape index (κ3) is 4.37. The molecule has 1 unspecified atom stereocenters. The summed E-state index contributed by atoms with van der Waals surface area (Å²) in [7, 11) is 0. The largest absolute Gasteiger partial charge is 0.481 e. The van der Waals surface area contributed by atoms with Crippen molar-refractivity contribution in [3.63, 3.8) is 0 Å². The monoisotopic (exact) mass is 277 g/mol. The van der Waals surface area contributed by atoms with E-state index in [0.717, 1.165) is 17.7 Å². The molecule has 0 aromatic heterocycles. The van der Waals surface area contributed by atoms with E-state index in [1.54, 1.807) is 6.92 Å². The zero-order valence-electron chi connectivity index (χ0n) is 12.6. The minimum atomic E-state index is -0.799. The summed E-state index contributed by atoms with van der Waals surface area (Å²) in [4.78, 5) is 22.8. The molecule has 1 rings (SSSR count). The summed E-state index contributed by atoms with van der Waals surface area (Å²) < 4.78 is 0. The van der Waals surface area contributed by atoms with Gasteiger partial charge in [-0.1, -0.05) is 39.8 Å². The summed E-state index contributed by atoms with van der Waals surface area (Å²) in [6.07, 6.45) is 1.26.